The van der Waals surface area contributed by atoms with E-state index in [1.807, 2.05) is 55.5 Å². The lowest BCUT2D eigenvalue weighted by molar-refractivity contribution is -0.136. The van der Waals surface area contributed by atoms with Crippen molar-refractivity contribution >= 4 is 39.9 Å². The summed E-state index contributed by atoms with van der Waals surface area (Å²) in [7, 11) is 0. The lowest BCUT2D eigenvalue weighted by Crippen LogP contribution is -2.18. The molecule has 4 aromatic rings. The number of fused-ring (bicyclic) bond motifs is 1. The van der Waals surface area contributed by atoms with Gasteiger partial charge in [0.1, 0.15) is 0 Å². The summed E-state index contributed by atoms with van der Waals surface area (Å²) in [4.78, 5) is 36.9. The first-order valence-corrected chi connectivity index (χ1v) is 10.9. The van der Waals surface area contributed by atoms with E-state index in [0.29, 0.717) is 28.9 Å². The number of aliphatic carboxylic acids is 1. The molecule has 34 heavy (non-hydrogen) atoms. The average molecular weight is 453 g/mol. The normalized spacial score (nSPS) is 10.6. The minimum Gasteiger partial charge on any atom is -0.481 e. The molecule has 0 saturated heterocycles. The molecule has 0 aromatic heterocycles. The van der Waals surface area contributed by atoms with Gasteiger partial charge in [0.15, 0.2) is 0 Å². The van der Waals surface area contributed by atoms with Crippen molar-refractivity contribution in [3.05, 3.63) is 107 Å². The summed E-state index contributed by atoms with van der Waals surface area (Å²) in [5.41, 5.74) is 3.49. The monoisotopic (exact) mass is 452 g/mol. The van der Waals surface area contributed by atoms with E-state index in [9.17, 15) is 14.4 Å². The van der Waals surface area contributed by atoms with E-state index >= 15 is 0 Å². The van der Waals surface area contributed by atoms with Crippen molar-refractivity contribution in [2.24, 2.45) is 0 Å². The van der Waals surface area contributed by atoms with Crippen LogP contribution in [-0.2, 0) is 11.2 Å². The molecule has 6 nitrogen and oxygen atoms in total. The van der Waals surface area contributed by atoms with Gasteiger partial charge in [0.25, 0.3) is 11.8 Å². The Bertz CT molecular complexity index is 1390. The molecule has 0 bridgehead atoms. The van der Waals surface area contributed by atoms with Crippen molar-refractivity contribution in [3.8, 4) is 0 Å². The Morgan fingerprint density at radius 1 is 0.765 bits per heavy atom. The number of carboxylic acids is 1. The molecule has 0 saturated carbocycles. The van der Waals surface area contributed by atoms with Gasteiger partial charge in [-0.05, 0) is 66.1 Å². The quantitative estimate of drug-likeness (QED) is 0.337. The van der Waals surface area contributed by atoms with Crippen LogP contribution in [0.1, 0.15) is 38.3 Å². The lowest BCUT2D eigenvalue weighted by atomic mass is 10.1. The third-order valence-corrected chi connectivity index (χ3v) is 5.49. The molecule has 0 aliphatic heterocycles. The van der Waals surface area contributed by atoms with E-state index < -0.39 is 5.97 Å². The molecule has 2 amide bonds. The largest absolute Gasteiger partial charge is 0.481 e. The predicted octanol–water partition coefficient (Wildman–Crippen LogP) is 5.67. The molecule has 0 spiro atoms. The van der Waals surface area contributed by atoms with Crippen molar-refractivity contribution < 1.29 is 19.5 Å². The molecular weight excluding hydrogens is 428 g/mol. The van der Waals surface area contributed by atoms with Crippen LogP contribution in [0.3, 0.4) is 0 Å². The summed E-state index contributed by atoms with van der Waals surface area (Å²) in [5.74, 6) is -1.55. The number of carbonyl (C=O) groups is 3. The highest BCUT2D eigenvalue weighted by Gasteiger charge is 2.16. The smallest absolute Gasteiger partial charge is 0.303 e. The zero-order chi connectivity index (χ0) is 24.1. The van der Waals surface area contributed by atoms with E-state index in [1.54, 1.807) is 36.4 Å². The van der Waals surface area contributed by atoms with Gasteiger partial charge in [-0.25, -0.2) is 0 Å². The number of carbonyl (C=O) groups excluding carboxylic acids is 2. The van der Waals surface area contributed by atoms with Crippen molar-refractivity contribution in [3.63, 3.8) is 0 Å². The summed E-state index contributed by atoms with van der Waals surface area (Å²) in [6.45, 7) is 1.87. The number of hydrogen-bond donors (Lipinski definition) is 3. The fourth-order valence-electron chi connectivity index (χ4n) is 3.73. The molecule has 4 aromatic carbocycles. The van der Waals surface area contributed by atoms with Crippen LogP contribution < -0.4 is 10.6 Å². The van der Waals surface area contributed by atoms with Gasteiger partial charge in [0.05, 0.1) is 11.3 Å². The van der Waals surface area contributed by atoms with Crippen LogP contribution in [0, 0.1) is 6.92 Å². The van der Waals surface area contributed by atoms with Crippen LogP contribution in [0.5, 0.6) is 0 Å². The van der Waals surface area contributed by atoms with E-state index in [2.05, 4.69) is 10.6 Å². The minimum absolute atomic E-state index is 0.0141. The third-order valence-electron chi connectivity index (χ3n) is 5.49. The Morgan fingerprint density at radius 3 is 2.35 bits per heavy atom. The van der Waals surface area contributed by atoms with Crippen LogP contribution in [0.2, 0.25) is 0 Å². The minimum atomic E-state index is -0.874. The lowest BCUT2D eigenvalue weighted by Gasteiger charge is -2.13. The second-order valence-electron chi connectivity index (χ2n) is 8.11. The maximum atomic E-state index is 13.1. The maximum absolute atomic E-state index is 13.1. The highest BCUT2D eigenvalue weighted by molar-refractivity contribution is 6.13. The van der Waals surface area contributed by atoms with Crippen molar-refractivity contribution in [1.82, 2.24) is 0 Å². The fourth-order valence-corrected chi connectivity index (χ4v) is 3.73. The second-order valence-corrected chi connectivity index (χ2v) is 8.11. The van der Waals surface area contributed by atoms with E-state index in [4.69, 9.17) is 5.11 Å². The molecule has 0 aliphatic rings. The van der Waals surface area contributed by atoms with E-state index in [0.717, 1.165) is 21.9 Å². The van der Waals surface area contributed by atoms with E-state index in [1.165, 1.54) is 0 Å². The van der Waals surface area contributed by atoms with Gasteiger partial charge in [-0.3, -0.25) is 14.4 Å². The Kier molecular flexibility index (Phi) is 6.69. The van der Waals surface area contributed by atoms with Crippen LogP contribution in [0.4, 0.5) is 11.4 Å². The summed E-state index contributed by atoms with van der Waals surface area (Å²) in [6.07, 6.45) is 0.386. The van der Waals surface area contributed by atoms with Crippen LogP contribution in [0.15, 0.2) is 84.9 Å². The summed E-state index contributed by atoms with van der Waals surface area (Å²) in [6, 6.07) is 25.6. The molecule has 0 atom stereocenters. The summed E-state index contributed by atoms with van der Waals surface area (Å²) >= 11 is 0. The van der Waals surface area contributed by atoms with Gasteiger partial charge in [-0.1, -0.05) is 54.1 Å². The molecule has 0 heterocycles. The van der Waals surface area contributed by atoms with Gasteiger partial charge in [0, 0.05) is 17.7 Å². The molecular formula is C28H24N2O4. The molecule has 4 rings (SSSR count). The maximum Gasteiger partial charge on any atom is 0.303 e. The first kappa shape index (κ1) is 22.7. The van der Waals surface area contributed by atoms with E-state index in [-0.39, 0.29) is 18.2 Å². The van der Waals surface area contributed by atoms with Gasteiger partial charge >= 0.3 is 5.97 Å². The number of anilines is 2. The predicted molar refractivity (Wildman–Crippen MR) is 133 cm³/mol. The van der Waals surface area contributed by atoms with Gasteiger partial charge < -0.3 is 15.7 Å². The number of benzene rings is 4. The van der Waals surface area contributed by atoms with Gasteiger partial charge in [0.2, 0.25) is 0 Å². The summed E-state index contributed by atoms with van der Waals surface area (Å²) in [5, 5.41) is 16.6. The van der Waals surface area contributed by atoms with Crippen LogP contribution >= 0.6 is 0 Å². The van der Waals surface area contributed by atoms with Crippen LogP contribution in [-0.4, -0.2) is 22.9 Å². The van der Waals surface area contributed by atoms with Crippen molar-refractivity contribution in [2.75, 3.05) is 10.6 Å². The van der Waals surface area contributed by atoms with Crippen molar-refractivity contribution in [2.45, 2.75) is 19.8 Å². The Hall–Kier alpha value is -4.45. The summed E-state index contributed by atoms with van der Waals surface area (Å²) < 4.78 is 0. The Balaban J connectivity index is 1.54. The third kappa shape index (κ3) is 5.48. The molecule has 170 valence electrons. The number of aryl methyl sites for hydroxylation is 2. The SMILES string of the molecule is Cc1ccc(NC(=O)c2ccc3ccccc3c2)c(C(=O)Nc2cccc(CCC(=O)O)c2)c1. The molecule has 3 N–H and O–H groups in total. The fraction of sp³-hybridized carbons (Fsp3) is 0.107. The standard InChI is InChI=1S/C28H24N2O4/c1-18-9-13-25(30-27(33)22-12-11-20-6-2-3-7-21(20)17-22)24(15-18)28(34)29-23-8-4-5-19(16-23)10-14-26(31)32/h2-9,11-13,15-17H,10,14H2,1H3,(H,29,34)(H,30,33)(H,31,32). The molecule has 0 unspecified atom stereocenters. The zero-order valence-electron chi connectivity index (χ0n) is 18.7. The highest BCUT2D eigenvalue weighted by atomic mass is 16.4. The first-order chi connectivity index (χ1) is 16.4. The number of carboxylic acid groups (broad SMARTS) is 1. The Morgan fingerprint density at radius 2 is 1.56 bits per heavy atom. The van der Waals surface area contributed by atoms with Gasteiger partial charge in [-0.15, -0.1) is 0 Å². The molecule has 6 heteroatoms. The Labute approximate surface area is 197 Å². The molecule has 0 fully saturated rings. The topological polar surface area (TPSA) is 95.5 Å². The van der Waals surface area contributed by atoms with Gasteiger partial charge in [-0.2, -0.15) is 0 Å². The average Bonchev–Trinajstić information content (AvgIpc) is 2.83. The van der Waals surface area contributed by atoms with Crippen molar-refractivity contribution in [1.29, 1.82) is 0 Å². The zero-order valence-corrected chi connectivity index (χ0v) is 18.7. The highest BCUT2D eigenvalue weighted by Crippen LogP contribution is 2.22. The number of amides is 2. The molecule has 0 radical (unpaired) electrons. The number of rotatable bonds is 7. The molecule has 0 aliphatic carbocycles. The number of nitrogens with one attached hydrogen (secondary N) is 2. The first-order valence-electron chi connectivity index (χ1n) is 10.9. The number of hydrogen-bond acceptors (Lipinski definition) is 3. The second kappa shape index (κ2) is 10.0. The van der Waals surface area contributed by atoms with Crippen LogP contribution in [0.25, 0.3) is 10.8 Å².